The van der Waals surface area contributed by atoms with Gasteiger partial charge in [0, 0.05) is 12.6 Å². The number of rotatable bonds is 7. The first-order chi connectivity index (χ1) is 9.52. The molecule has 1 rings (SSSR count). The summed E-state index contributed by atoms with van der Waals surface area (Å²) in [6.07, 6.45) is 1.24. The van der Waals surface area contributed by atoms with Gasteiger partial charge in [-0.05, 0) is 25.3 Å². The number of aliphatic carboxylic acids is 1. The van der Waals surface area contributed by atoms with Gasteiger partial charge >= 0.3 is 12.0 Å². The van der Waals surface area contributed by atoms with E-state index in [4.69, 9.17) is 5.11 Å². The molecule has 110 valence electrons. The second-order valence-corrected chi connectivity index (χ2v) is 4.89. The summed E-state index contributed by atoms with van der Waals surface area (Å²) in [7, 11) is 0. The van der Waals surface area contributed by atoms with E-state index in [0.29, 0.717) is 6.42 Å². The monoisotopic (exact) mass is 278 g/mol. The van der Waals surface area contributed by atoms with Crippen molar-refractivity contribution >= 4 is 12.0 Å². The van der Waals surface area contributed by atoms with Crippen molar-refractivity contribution in [1.29, 1.82) is 0 Å². The van der Waals surface area contributed by atoms with Crippen molar-refractivity contribution in [2.24, 2.45) is 5.92 Å². The van der Waals surface area contributed by atoms with E-state index >= 15 is 0 Å². The number of nitrogens with one attached hydrogen (secondary N) is 2. The highest BCUT2D eigenvalue weighted by Gasteiger charge is 2.16. The van der Waals surface area contributed by atoms with Crippen LogP contribution in [-0.2, 0) is 11.2 Å². The summed E-state index contributed by atoms with van der Waals surface area (Å²) in [5.74, 6) is -1.42. The Labute approximate surface area is 119 Å². The third kappa shape index (κ3) is 5.73. The van der Waals surface area contributed by atoms with Gasteiger partial charge in [0.15, 0.2) is 0 Å². The number of carbonyl (C=O) groups excluding carboxylic acids is 1. The van der Waals surface area contributed by atoms with Crippen molar-refractivity contribution in [1.82, 2.24) is 10.6 Å². The molecular formula is C15H22N2O3. The molecule has 0 aliphatic heterocycles. The fourth-order valence-electron chi connectivity index (χ4n) is 1.92. The molecule has 2 unspecified atom stereocenters. The number of carboxylic acids is 1. The molecule has 0 fully saturated rings. The van der Waals surface area contributed by atoms with Crippen molar-refractivity contribution in [3.8, 4) is 0 Å². The van der Waals surface area contributed by atoms with E-state index < -0.39 is 11.9 Å². The lowest BCUT2D eigenvalue weighted by Gasteiger charge is -2.16. The molecule has 0 radical (unpaired) electrons. The molecule has 5 nitrogen and oxygen atoms in total. The van der Waals surface area contributed by atoms with Gasteiger partial charge in [-0.1, -0.05) is 37.3 Å². The molecule has 3 N–H and O–H groups in total. The topological polar surface area (TPSA) is 78.4 Å². The van der Waals surface area contributed by atoms with E-state index in [1.807, 2.05) is 37.3 Å². The predicted molar refractivity (Wildman–Crippen MR) is 77.6 cm³/mol. The second kappa shape index (κ2) is 8.19. The lowest BCUT2D eigenvalue weighted by Crippen LogP contribution is -2.44. The SMILES string of the molecule is CCC(CNC(=O)NC(C)Cc1ccccc1)C(=O)O. The number of hydrogen-bond acceptors (Lipinski definition) is 2. The minimum atomic E-state index is -0.884. The first kappa shape index (κ1) is 16.0. The highest BCUT2D eigenvalue weighted by Crippen LogP contribution is 2.03. The molecule has 2 amide bonds. The van der Waals surface area contributed by atoms with Gasteiger partial charge in [0.1, 0.15) is 0 Å². The Balaban J connectivity index is 2.33. The van der Waals surface area contributed by atoms with Gasteiger partial charge in [0.2, 0.25) is 0 Å². The second-order valence-electron chi connectivity index (χ2n) is 4.89. The van der Waals surface area contributed by atoms with E-state index in [-0.39, 0.29) is 18.6 Å². The van der Waals surface area contributed by atoms with E-state index in [0.717, 1.165) is 12.0 Å². The zero-order chi connectivity index (χ0) is 15.0. The van der Waals surface area contributed by atoms with Crippen molar-refractivity contribution in [3.05, 3.63) is 35.9 Å². The fourth-order valence-corrected chi connectivity index (χ4v) is 1.92. The summed E-state index contributed by atoms with van der Waals surface area (Å²) >= 11 is 0. The van der Waals surface area contributed by atoms with Gasteiger partial charge in [-0.3, -0.25) is 4.79 Å². The van der Waals surface area contributed by atoms with Crippen LogP contribution in [0.3, 0.4) is 0 Å². The molecule has 0 saturated carbocycles. The lowest BCUT2D eigenvalue weighted by molar-refractivity contribution is -0.141. The normalized spacial score (nSPS) is 13.3. The number of carboxylic acid groups (broad SMARTS) is 1. The van der Waals surface area contributed by atoms with Crippen molar-refractivity contribution < 1.29 is 14.7 Å². The summed E-state index contributed by atoms with van der Waals surface area (Å²) in [6, 6.07) is 9.55. The Hall–Kier alpha value is -2.04. The zero-order valence-electron chi connectivity index (χ0n) is 11.9. The highest BCUT2D eigenvalue weighted by molar-refractivity contribution is 5.76. The molecule has 2 atom stereocenters. The van der Waals surface area contributed by atoms with Crippen LogP contribution in [0.5, 0.6) is 0 Å². The Bertz CT molecular complexity index is 434. The van der Waals surface area contributed by atoms with Gasteiger partial charge in [0.05, 0.1) is 5.92 Å². The van der Waals surface area contributed by atoms with E-state index in [1.54, 1.807) is 6.92 Å². The largest absolute Gasteiger partial charge is 0.481 e. The Kier molecular flexibility index (Phi) is 6.56. The minimum Gasteiger partial charge on any atom is -0.481 e. The summed E-state index contributed by atoms with van der Waals surface area (Å²) in [4.78, 5) is 22.5. The van der Waals surface area contributed by atoms with Gasteiger partial charge in [-0.25, -0.2) is 4.79 Å². The van der Waals surface area contributed by atoms with E-state index in [2.05, 4.69) is 10.6 Å². The highest BCUT2D eigenvalue weighted by atomic mass is 16.4. The predicted octanol–water partition coefficient (Wildman–Crippen LogP) is 2.03. The van der Waals surface area contributed by atoms with Crippen LogP contribution < -0.4 is 10.6 Å². The van der Waals surface area contributed by atoms with Crippen LogP contribution in [0, 0.1) is 5.92 Å². The van der Waals surface area contributed by atoms with Gasteiger partial charge in [-0.15, -0.1) is 0 Å². The Morgan fingerprint density at radius 3 is 2.45 bits per heavy atom. The summed E-state index contributed by atoms with van der Waals surface area (Å²) in [5, 5.41) is 14.3. The molecule has 0 bridgehead atoms. The molecular weight excluding hydrogens is 256 g/mol. The molecule has 0 aliphatic carbocycles. The summed E-state index contributed by atoms with van der Waals surface area (Å²) in [6.45, 7) is 3.85. The number of amides is 2. The van der Waals surface area contributed by atoms with Gasteiger partial charge < -0.3 is 15.7 Å². The lowest BCUT2D eigenvalue weighted by atomic mass is 10.1. The molecule has 1 aromatic rings. The number of urea groups is 1. The van der Waals surface area contributed by atoms with Crippen LogP contribution in [0.1, 0.15) is 25.8 Å². The van der Waals surface area contributed by atoms with Crippen molar-refractivity contribution in [3.63, 3.8) is 0 Å². The molecule has 0 heterocycles. The van der Waals surface area contributed by atoms with Crippen LogP contribution in [-0.4, -0.2) is 29.7 Å². The number of carbonyl (C=O) groups is 2. The Morgan fingerprint density at radius 1 is 1.25 bits per heavy atom. The molecule has 0 aromatic heterocycles. The minimum absolute atomic E-state index is 0.0118. The Morgan fingerprint density at radius 2 is 1.90 bits per heavy atom. The zero-order valence-corrected chi connectivity index (χ0v) is 11.9. The molecule has 5 heteroatoms. The van der Waals surface area contributed by atoms with Crippen LogP contribution >= 0.6 is 0 Å². The van der Waals surface area contributed by atoms with Crippen molar-refractivity contribution in [2.45, 2.75) is 32.7 Å². The summed E-state index contributed by atoms with van der Waals surface area (Å²) < 4.78 is 0. The molecule has 0 saturated heterocycles. The smallest absolute Gasteiger partial charge is 0.315 e. The van der Waals surface area contributed by atoms with Gasteiger partial charge in [-0.2, -0.15) is 0 Å². The molecule has 1 aromatic carbocycles. The average Bonchev–Trinajstić information content (AvgIpc) is 2.39. The van der Waals surface area contributed by atoms with Crippen LogP contribution in [0.15, 0.2) is 30.3 Å². The third-order valence-corrected chi connectivity index (χ3v) is 3.11. The van der Waals surface area contributed by atoms with Crippen LogP contribution in [0.2, 0.25) is 0 Å². The maximum Gasteiger partial charge on any atom is 0.315 e. The summed E-state index contributed by atoms with van der Waals surface area (Å²) in [5.41, 5.74) is 1.15. The van der Waals surface area contributed by atoms with Crippen LogP contribution in [0.25, 0.3) is 0 Å². The van der Waals surface area contributed by atoms with E-state index in [9.17, 15) is 9.59 Å². The average molecular weight is 278 g/mol. The van der Waals surface area contributed by atoms with Crippen molar-refractivity contribution in [2.75, 3.05) is 6.54 Å². The molecule has 20 heavy (non-hydrogen) atoms. The van der Waals surface area contributed by atoms with Crippen LogP contribution in [0.4, 0.5) is 4.79 Å². The molecule has 0 spiro atoms. The van der Waals surface area contributed by atoms with Gasteiger partial charge in [0.25, 0.3) is 0 Å². The third-order valence-electron chi connectivity index (χ3n) is 3.11. The van der Waals surface area contributed by atoms with E-state index in [1.165, 1.54) is 0 Å². The first-order valence-corrected chi connectivity index (χ1v) is 6.84. The first-order valence-electron chi connectivity index (χ1n) is 6.84. The number of benzene rings is 1. The maximum atomic E-state index is 11.7. The molecule has 0 aliphatic rings. The number of hydrogen-bond donors (Lipinski definition) is 3. The fraction of sp³-hybridized carbons (Fsp3) is 0.467. The standard InChI is InChI=1S/C15H22N2O3/c1-3-13(14(18)19)10-16-15(20)17-11(2)9-12-7-5-4-6-8-12/h4-8,11,13H,3,9-10H2,1-2H3,(H,18,19)(H2,16,17,20). The maximum absolute atomic E-state index is 11.7. The quantitative estimate of drug-likeness (QED) is 0.714.